The zero-order valence-corrected chi connectivity index (χ0v) is 7.63. The number of hydrogen-bond donors (Lipinski definition) is 2. The first kappa shape index (κ1) is 9.95. The van der Waals surface area contributed by atoms with Crippen molar-refractivity contribution in [2.24, 2.45) is 5.92 Å². The molecule has 12 heavy (non-hydrogen) atoms. The molecule has 0 aliphatic carbocycles. The van der Waals surface area contributed by atoms with Crippen molar-refractivity contribution in [1.82, 2.24) is 0 Å². The van der Waals surface area contributed by atoms with Crippen LogP contribution in [-0.4, -0.2) is 42.8 Å². The first-order valence-electron chi connectivity index (χ1n) is 4.04. The lowest BCUT2D eigenvalue weighted by atomic mass is 9.99. The smallest absolute Gasteiger partial charge is 0.150 e. The second-order valence-electron chi connectivity index (χ2n) is 3.24. The third-order valence-electron chi connectivity index (χ3n) is 2.24. The Hall–Kier alpha value is -0.130. The standard InChI is InChI=1S/C7H14O4S/c8-3-1-6-5-12(10,11)4-2-7(6)9/h6-9H,1-5H2. The third-order valence-corrected chi connectivity index (χ3v) is 4.03. The monoisotopic (exact) mass is 194 g/mol. The first-order chi connectivity index (χ1) is 5.55. The van der Waals surface area contributed by atoms with Gasteiger partial charge < -0.3 is 10.2 Å². The van der Waals surface area contributed by atoms with Crippen molar-refractivity contribution in [3.8, 4) is 0 Å². The molecule has 0 aromatic carbocycles. The largest absolute Gasteiger partial charge is 0.396 e. The zero-order valence-electron chi connectivity index (χ0n) is 6.81. The molecule has 0 radical (unpaired) electrons. The second-order valence-corrected chi connectivity index (χ2v) is 5.47. The lowest BCUT2D eigenvalue weighted by Crippen LogP contribution is -2.36. The maximum Gasteiger partial charge on any atom is 0.150 e. The fraction of sp³-hybridized carbons (Fsp3) is 1.00. The molecule has 4 nitrogen and oxygen atoms in total. The van der Waals surface area contributed by atoms with Gasteiger partial charge in [0.1, 0.15) is 0 Å². The quantitative estimate of drug-likeness (QED) is 0.601. The van der Waals surface area contributed by atoms with Crippen molar-refractivity contribution in [2.75, 3.05) is 18.1 Å². The van der Waals surface area contributed by atoms with Gasteiger partial charge in [-0.3, -0.25) is 0 Å². The highest BCUT2D eigenvalue weighted by atomic mass is 32.2. The van der Waals surface area contributed by atoms with Gasteiger partial charge in [-0.1, -0.05) is 0 Å². The van der Waals surface area contributed by atoms with Crippen molar-refractivity contribution >= 4 is 9.84 Å². The Kier molecular flexibility index (Phi) is 3.09. The number of sulfone groups is 1. The van der Waals surface area contributed by atoms with Gasteiger partial charge in [0.2, 0.25) is 0 Å². The molecule has 72 valence electrons. The predicted molar refractivity (Wildman–Crippen MR) is 44.5 cm³/mol. The molecule has 0 amide bonds. The Morgan fingerprint density at radius 2 is 2.08 bits per heavy atom. The van der Waals surface area contributed by atoms with Crippen LogP contribution in [-0.2, 0) is 9.84 Å². The average Bonchev–Trinajstić information content (AvgIpc) is 1.97. The van der Waals surface area contributed by atoms with Gasteiger partial charge in [-0.2, -0.15) is 0 Å². The highest BCUT2D eigenvalue weighted by Crippen LogP contribution is 2.21. The van der Waals surface area contributed by atoms with E-state index in [1.807, 2.05) is 0 Å². The van der Waals surface area contributed by atoms with Gasteiger partial charge in [0.15, 0.2) is 9.84 Å². The summed E-state index contributed by atoms with van der Waals surface area (Å²) >= 11 is 0. The van der Waals surface area contributed by atoms with Crippen molar-refractivity contribution < 1.29 is 18.6 Å². The van der Waals surface area contributed by atoms with Gasteiger partial charge in [-0.15, -0.1) is 0 Å². The highest BCUT2D eigenvalue weighted by Gasteiger charge is 2.31. The molecular formula is C7H14O4S. The van der Waals surface area contributed by atoms with E-state index in [0.717, 1.165) is 0 Å². The van der Waals surface area contributed by atoms with E-state index in [4.69, 9.17) is 5.11 Å². The van der Waals surface area contributed by atoms with Crippen LogP contribution in [0, 0.1) is 5.92 Å². The molecular weight excluding hydrogens is 180 g/mol. The van der Waals surface area contributed by atoms with Gasteiger partial charge in [-0.05, 0) is 12.8 Å². The summed E-state index contributed by atoms with van der Waals surface area (Å²) in [7, 11) is -2.96. The minimum absolute atomic E-state index is 0.0225. The van der Waals surface area contributed by atoms with E-state index in [1.165, 1.54) is 0 Å². The molecule has 1 fully saturated rings. The van der Waals surface area contributed by atoms with Gasteiger partial charge in [0.25, 0.3) is 0 Å². The fourth-order valence-electron chi connectivity index (χ4n) is 1.50. The molecule has 1 aliphatic heterocycles. The molecule has 2 atom stereocenters. The van der Waals surface area contributed by atoms with Crippen molar-refractivity contribution in [1.29, 1.82) is 0 Å². The van der Waals surface area contributed by atoms with Gasteiger partial charge in [0, 0.05) is 12.5 Å². The lowest BCUT2D eigenvalue weighted by molar-refractivity contribution is 0.0926. The summed E-state index contributed by atoms with van der Waals surface area (Å²) in [5.41, 5.74) is 0. The molecule has 0 aromatic rings. The van der Waals surface area contributed by atoms with Crippen molar-refractivity contribution in [3.05, 3.63) is 0 Å². The van der Waals surface area contributed by atoms with Crippen LogP contribution in [0.25, 0.3) is 0 Å². The van der Waals surface area contributed by atoms with Crippen molar-refractivity contribution in [2.45, 2.75) is 18.9 Å². The fourth-order valence-corrected chi connectivity index (χ4v) is 3.31. The number of hydrogen-bond acceptors (Lipinski definition) is 4. The van der Waals surface area contributed by atoms with Crippen molar-refractivity contribution in [3.63, 3.8) is 0 Å². The summed E-state index contributed by atoms with van der Waals surface area (Å²) in [6, 6.07) is 0. The van der Waals surface area contributed by atoms with Crippen LogP contribution in [0.15, 0.2) is 0 Å². The van der Waals surface area contributed by atoms with Gasteiger partial charge in [-0.25, -0.2) is 8.42 Å². The zero-order chi connectivity index (χ0) is 9.19. The van der Waals surface area contributed by atoms with Gasteiger partial charge >= 0.3 is 0 Å². The maximum atomic E-state index is 11.1. The summed E-state index contributed by atoms with van der Waals surface area (Å²) in [5.74, 6) is -0.168. The molecule has 0 bridgehead atoms. The lowest BCUT2D eigenvalue weighted by Gasteiger charge is -2.26. The van der Waals surface area contributed by atoms with Gasteiger partial charge in [0.05, 0.1) is 17.6 Å². The van der Waals surface area contributed by atoms with E-state index in [1.54, 1.807) is 0 Å². The van der Waals surface area contributed by atoms with E-state index < -0.39 is 15.9 Å². The Balaban J connectivity index is 2.59. The summed E-state index contributed by atoms with van der Waals surface area (Å²) < 4.78 is 22.2. The number of rotatable bonds is 2. The molecule has 0 aromatic heterocycles. The minimum atomic E-state index is -2.96. The second kappa shape index (κ2) is 3.72. The van der Waals surface area contributed by atoms with Crippen LogP contribution in [0.2, 0.25) is 0 Å². The topological polar surface area (TPSA) is 74.6 Å². The van der Waals surface area contributed by atoms with E-state index in [0.29, 0.717) is 12.8 Å². The molecule has 1 aliphatic rings. The Morgan fingerprint density at radius 3 is 2.67 bits per heavy atom. The van der Waals surface area contributed by atoms with E-state index in [-0.39, 0.29) is 24.0 Å². The van der Waals surface area contributed by atoms with Crippen LogP contribution in [0.5, 0.6) is 0 Å². The molecule has 1 rings (SSSR count). The van der Waals surface area contributed by atoms with E-state index in [9.17, 15) is 13.5 Å². The first-order valence-corrected chi connectivity index (χ1v) is 5.86. The number of aliphatic hydroxyl groups is 2. The molecule has 0 saturated carbocycles. The summed E-state index contributed by atoms with van der Waals surface area (Å²) in [6.45, 7) is -0.0583. The van der Waals surface area contributed by atoms with Crippen LogP contribution in [0.3, 0.4) is 0 Å². The molecule has 1 heterocycles. The maximum absolute atomic E-state index is 11.1. The molecule has 2 unspecified atom stereocenters. The Morgan fingerprint density at radius 1 is 1.42 bits per heavy atom. The van der Waals surface area contributed by atoms with Crippen LogP contribution < -0.4 is 0 Å². The Labute approximate surface area is 72.1 Å². The molecule has 2 N–H and O–H groups in total. The SMILES string of the molecule is O=S1(=O)CCC(O)C(CCO)C1. The minimum Gasteiger partial charge on any atom is -0.396 e. The van der Waals surface area contributed by atoms with Crippen LogP contribution in [0.4, 0.5) is 0 Å². The normalized spacial score (nSPS) is 34.8. The van der Waals surface area contributed by atoms with Crippen LogP contribution >= 0.6 is 0 Å². The van der Waals surface area contributed by atoms with Crippen LogP contribution in [0.1, 0.15) is 12.8 Å². The predicted octanol–water partition coefficient (Wildman–Crippen LogP) is -0.836. The molecule has 0 spiro atoms. The molecule has 1 saturated heterocycles. The summed E-state index contributed by atoms with van der Waals surface area (Å²) in [4.78, 5) is 0. The molecule has 5 heteroatoms. The third kappa shape index (κ3) is 2.43. The summed E-state index contributed by atoms with van der Waals surface area (Å²) in [6.07, 6.45) is 0.133. The van der Waals surface area contributed by atoms with E-state index in [2.05, 4.69) is 0 Å². The average molecular weight is 194 g/mol. The highest BCUT2D eigenvalue weighted by molar-refractivity contribution is 7.91. The summed E-state index contributed by atoms with van der Waals surface area (Å²) in [5, 5.41) is 18.0. The van der Waals surface area contributed by atoms with E-state index >= 15 is 0 Å². The number of aliphatic hydroxyl groups excluding tert-OH is 2. The Bertz CT molecular complexity index is 234.